The minimum absolute atomic E-state index is 0.0332. The van der Waals surface area contributed by atoms with Crippen molar-refractivity contribution in [1.29, 1.82) is 0 Å². The summed E-state index contributed by atoms with van der Waals surface area (Å²) in [7, 11) is 0. The van der Waals surface area contributed by atoms with Crippen molar-refractivity contribution < 1.29 is 28.2 Å². The molecule has 9 heteroatoms. The molecule has 0 radical (unpaired) electrons. The van der Waals surface area contributed by atoms with E-state index in [1.54, 1.807) is 31.2 Å². The van der Waals surface area contributed by atoms with Gasteiger partial charge in [0, 0.05) is 5.56 Å². The summed E-state index contributed by atoms with van der Waals surface area (Å²) >= 11 is 5.95. The fourth-order valence-corrected chi connectivity index (χ4v) is 2.96. The highest BCUT2D eigenvalue weighted by atomic mass is 35.5. The number of ether oxygens (including phenoxy) is 2. The molecule has 2 N–H and O–H groups in total. The van der Waals surface area contributed by atoms with Crippen LogP contribution in [0, 0.1) is 5.82 Å². The molecule has 0 aliphatic heterocycles. The van der Waals surface area contributed by atoms with Crippen LogP contribution in [0.25, 0.3) is 0 Å². The van der Waals surface area contributed by atoms with Gasteiger partial charge in [-0.05, 0) is 55.5 Å². The van der Waals surface area contributed by atoms with Gasteiger partial charge in [-0.25, -0.2) is 9.18 Å². The Morgan fingerprint density at radius 1 is 0.875 bits per heavy atom. The number of carbonyl (C=O) groups excluding carboxylic acids is 3. The summed E-state index contributed by atoms with van der Waals surface area (Å²) in [6.45, 7) is 1.83. The Morgan fingerprint density at radius 3 is 2.09 bits per heavy atom. The summed E-state index contributed by atoms with van der Waals surface area (Å²) in [4.78, 5) is 36.5. The van der Waals surface area contributed by atoms with Crippen LogP contribution in [-0.4, -0.2) is 24.6 Å². The molecule has 0 saturated carbocycles. The summed E-state index contributed by atoms with van der Waals surface area (Å²) in [6, 6.07) is 16.2. The second-order valence-electron chi connectivity index (χ2n) is 6.36. The summed E-state index contributed by atoms with van der Waals surface area (Å²) in [5.74, 6) is -1.77. The van der Waals surface area contributed by atoms with Crippen LogP contribution in [-0.2, 0) is 4.74 Å². The lowest BCUT2D eigenvalue weighted by Gasteiger charge is -2.13. The zero-order valence-corrected chi connectivity index (χ0v) is 17.6. The largest absolute Gasteiger partial charge is 0.513 e. The Hall–Kier alpha value is -3.91. The van der Waals surface area contributed by atoms with Gasteiger partial charge in [0.05, 0.1) is 28.6 Å². The van der Waals surface area contributed by atoms with E-state index in [0.29, 0.717) is 5.69 Å². The van der Waals surface area contributed by atoms with Gasteiger partial charge in [0.25, 0.3) is 11.8 Å². The minimum atomic E-state index is -0.843. The standard InChI is InChI=1S/C23H18ClFN2O5/c1-2-31-23(30)32-15-12-10-14(11-13-15)21(28)26-18-8-3-4-9-19(18)27-22(29)20-16(24)6-5-7-17(20)25/h3-13H,2H2,1H3,(H,26,28)(H,27,29). The van der Waals surface area contributed by atoms with Crippen molar-refractivity contribution in [2.75, 3.05) is 17.2 Å². The average Bonchev–Trinajstić information content (AvgIpc) is 2.75. The Bertz CT molecular complexity index is 1130. The molecule has 0 spiro atoms. The van der Waals surface area contributed by atoms with Crippen LogP contribution < -0.4 is 15.4 Å². The third kappa shape index (κ3) is 5.61. The van der Waals surface area contributed by atoms with E-state index in [1.807, 2.05) is 0 Å². The van der Waals surface area contributed by atoms with Gasteiger partial charge in [-0.2, -0.15) is 0 Å². The number of anilines is 2. The molecule has 0 atom stereocenters. The molecular weight excluding hydrogens is 439 g/mol. The van der Waals surface area contributed by atoms with E-state index < -0.39 is 23.8 Å². The maximum absolute atomic E-state index is 14.0. The summed E-state index contributed by atoms with van der Waals surface area (Å²) in [5.41, 5.74) is 0.532. The van der Waals surface area contributed by atoms with Gasteiger partial charge >= 0.3 is 6.16 Å². The van der Waals surface area contributed by atoms with Crippen molar-refractivity contribution in [3.8, 4) is 5.75 Å². The first-order valence-corrected chi connectivity index (χ1v) is 9.87. The van der Waals surface area contributed by atoms with Crippen LogP contribution in [0.4, 0.5) is 20.6 Å². The lowest BCUT2D eigenvalue weighted by atomic mass is 10.1. The molecule has 0 saturated heterocycles. The Labute approximate surface area is 188 Å². The number of amides is 2. The highest BCUT2D eigenvalue weighted by molar-refractivity contribution is 6.34. The molecule has 32 heavy (non-hydrogen) atoms. The second-order valence-corrected chi connectivity index (χ2v) is 6.77. The van der Waals surface area contributed by atoms with Crippen molar-refractivity contribution in [2.45, 2.75) is 6.92 Å². The molecule has 0 aliphatic rings. The summed E-state index contributed by atoms with van der Waals surface area (Å²) in [6.07, 6.45) is -0.843. The predicted molar refractivity (Wildman–Crippen MR) is 118 cm³/mol. The van der Waals surface area contributed by atoms with E-state index >= 15 is 0 Å². The van der Waals surface area contributed by atoms with E-state index in [0.717, 1.165) is 6.07 Å². The molecule has 0 unspecified atom stereocenters. The first-order chi connectivity index (χ1) is 15.4. The number of para-hydroxylation sites is 2. The molecular formula is C23H18ClFN2O5. The lowest BCUT2D eigenvalue weighted by molar-refractivity contribution is 0.101. The first kappa shape index (κ1) is 22.8. The van der Waals surface area contributed by atoms with Crippen LogP contribution in [0.3, 0.4) is 0 Å². The smallest absolute Gasteiger partial charge is 0.434 e. The molecule has 3 aromatic rings. The highest BCUT2D eigenvalue weighted by Crippen LogP contribution is 2.25. The van der Waals surface area contributed by atoms with Crippen molar-refractivity contribution >= 4 is 40.9 Å². The van der Waals surface area contributed by atoms with Gasteiger partial charge in [-0.3, -0.25) is 9.59 Å². The lowest BCUT2D eigenvalue weighted by Crippen LogP contribution is -2.18. The highest BCUT2D eigenvalue weighted by Gasteiger charge is 2.18. The van der Waals surface area contributed by atoms with Gasteiger partial charge in [-0.15, -0.1) is 0 Å². The van der Waals surface area contributed by atoms with Crippen LogP contribution in [0.2, 0.25) is 5.02 Å². The van der Waals surface area contributed by atoms with Crippen LogP contribution in [0.1, 0.15) is 27.6 Å². The fourth-order valence-electron chi connectivity index (χ4n) is 2.71. The summed E-state index contributed by atoms with van der Waals surface area (Å²) in [5, 5.41) is 5.21. The predicted octanol–water partition coefficient (Wildman–Crippen LogP) is 5.52. The van der Waals surface area contributed by atoms with E-state index in [1.165, 1.54) is 36.4 Å². The third-order valence-corrected chi connectivity index (χ3v) is 4.51. The maximum atomic E-state index is 14.0. The molecule has 0 fully saturated rings. The fraction of sp³-hybridized carbons (Fsp3) is 0.0870. The number of halogens is 2. The number of rotatable bonds is 6. The SMILES string of the molecule is CCOC(=O)Oc1ccc(C(=O)Nc2ccccc2NC(=O)c2c(F)cccc2Cl)cc1. The zero-order valence-electron chi connectivity index (χ0n) is 16.9. The van der Waals surface area contributed by atoms with Crippen molar-refractivity contribution in [2.24, 2.45) is 0 Å². The molecule has 0 bridgehead atoms. The topological polar surface area (TPSA) is 93.7 Å². The third-order valence-electron chi connectivity index (χ3n) is 4.19. The van der Waals surface area contributed by atoms with Crippen LogP contribution in [0.15, 0.2) is 66.7 Å². The Balaban J connectivity index is 1.73. The molecule has 7 nitrogen and oxygen atoms in total. The Morgan fingerprint density at radius 2 is 1.50 bits per heavy atom. The molecule has 3 rings (SSSR count). The molecule has 3 aromatic carbocycles. The summed E-state index contributed by atoms with van der Waals surface area (Å²) < 4.78 is 23.7. The number of hydrogen-bond acceptors (Lipinski definition) is 5. The van der Waals surface area contributed by atoms with E-state index in [4.69, 9.17) is 16.3 Å². The van der Waals surface area contributed by atoms with Crippen molar-refractivity contribution in [1.82, 2.24) is 0 Å². The van der Waals surface area contributed by atoms with Gasteiger partial charge in [0.2, 0.25) is 0 Å². The number of benzene rings is 3. The van der Waals surface area contributed by atoms with Gasteiger partial charge in [0.15, 0.2) is 0 Å². The zero-order chi connectivity index (χ0) is 23.1. The molecule has 2 amide bonds. The van der Waals surface area contributed by atoms with E-state index in [9.17, 15) is 18.8 Å². The molecule has 0 heterocycles. The van der Waals surface area contributed by atoms with Gasteiger partial charge in [0.1, 0.15) is 11.6 Å². The van der Waals surface area contributed by atoms with E-state index in [2.05, 4.69) is 15.4 Å². The van der Waals surface area contributed by atoms with Crippen molar-refractivity contribution in [3.05, 3.63) is 88.7 Å². The minimum Gasteiger partial charge on any atom is -0.434 e. The Kier molecular flexibility index (Phi) is 7.41. The van der Waals surface area contributed by atoms with E-state index in [-0.39, 0.29) is 34.2 Å². The number of carbonyl (C=O) groups is 3. The quantitative estimate of drug-likeness (QED) is 0.376. The first-order valence-electron chi connectivity index (χ1n) is 9.49. The van der Waals surface area contributed by atoms with Crippen LogP contribution >= 0.6 is 11.6 Å². The monoisotopic (exact) mass is 456 g/mol. The van der Waals surface area contributed by atoms with Gasteiger partial charge in [-0.1, -0.05) is 29.8 Å². The maximum Gasteiger partial charge on any atom is 0.513 e. The second kappa shape index (κ2) is 10.4. The molecule has 164 valence electrons. The number of hydrogen-bond donors (Lipinski definition) is 2. The normalized spacial score (nSPS) is 10.2. The molecule has 0 aromatic heterocycles. The average molecular weight is 457 g/mol. The van der Waals surface area contributed by atoms with Gasteiger partial charge < -0.3 is 20.1 Å². The van der Waals surface area contributed by atoms with Crippen molar-refractivity contribution in [3.63, 3.8) is 0 Å². The number of nitrogens with one attached hydrogen (secondary N) is 2. The molecule has 0 aliphatic carbocycles. The van der Waals surface area contributed by atoms with Crippen LogP contribution in [0.5, 0.6) is 5.75 Å².